The minimum atomic E-state index is -1.03. The largest absolute Gasteiger partial charge is 0.477 e. The summed E-state index contributed by atoms with van der Waals surface area (Å²) < 4.78 is 0. The van der Waals surface area contributed by atoms with Crippen LogP contribution in [0.4, 0.5) is 0 Å². The van der Waals surface area contributed by atoms with E-state index in [0.29, 0.717) is 11.6 Å². The van der Waals surface area contributed by atoms with E-state index >= 15 is 0 Å². The molecule has 1 aromatic heterocycles. The Morgan fingerprint density at radius 3 is 2.70 bits per heavy atom. The van der Waals surface area contributed by atoms with Gasteiger partial charge in [-0.3, -0.25) is 4.79 Å². The lowest BCUT2D eigenvalue weighted by molar-refractivity contribution is -0.129. The molecule has 0 spiro atoms. The molecule has 0 bridgehead atoms. The zero-order chi connectivity index (χ0) is 14.3. The molecule has 1 aromatic carbocycles. The quantitative estimate of drug-likeness (QED) is 0.894. The van der Waals surface area contributed by atoms with Crippen molar-refractivity contribution in [2.75, 3.05) is 7.05 Å². The molecule has 5 nitrogen and oxygen atoms in total. The van der Waals surface area contributed by atoms with Crippen LogP contribution in [0.15, 0.2) is 24.3 Å². The summed E-state index contributed by atoms with van der Waals surface area (Å²) in [5.41, 5.74) is 1.44. The number of carbonyl (C=O) groups excluding carboxylic acids is 1. The highest BCUT2D eigenvalue weighted by atomic mass is 16.4. The van der Waals surface area contributed by atoms with E-state index < -0.39 is 5.97 Å². The van der Waals surface area contributed by atoms with E-state index in [1.807, 2.05) is 24.3 Å². The smallest absolute Gasteiger partial charge is 0.352 e. The fraction of sp³-hybridized carbons (Fsp3) is 0.333. The van der Waals surface area contributed by atoms with Crippen LogP contribution in [0.3, 0.4) is 0 Å². The molecule has 3 rings (SSSR count). The normalized spacial score (nSPS) is 14.4. The number of amides is 1. The van der Waals surface area contributed by atoms with Crippen LogP contribution < -0.4 is 0 Å². The van der Waals surface area contributed by atoms with Gasteiger partial charge in [-0.25, -0.2) is 4.79 Å². The molecule has 1 amide bonds. The van der Waals surface area contributed by atoms with Crippen molar-refractivity contribution < 1.29 is 14.7 Å². The number of benzene rings is 1. The summed E-state index contributed by atoms with van der Waals surface area (Å²) in [7, 11) is 1.79. The number of aromatic carboxylic acids is 1. The fourth-order valence-corrected chi connectivity index (χ4v) is 2.51. The first-order valence-electron chi connectivity index (χ1n) is 6.66. The number of nitrogens with zero attached hydrogens (tertiary/aromatic N) is 1. The van der Waals surface area contributed by atoms with Crippen LogP contribution in [-0.4, -0.2) is 40.0 Å². The Labute approximate surface area is 116 Å². The molecule has 1 heterocycles. The number of H-pyrrole nitrogens is 1. The standard InChI is InChI=1S/C15H16N2O3/c1-17(9-6-7-9)13(18)8-11-10-4-2-3-5-12(10)16-14(11)15(19)20/h2-5,9,16H,6-8H2,1H3,(H,19,20). The van der Waals surface area contributed by atoms with E-state index in [9.17, 15) is 14.7 Å². The molecule has 0 unspecified atom stereocenters. The minimum absolute atomic E-state index is 0.0280. The maximum absolute atomic E-state index is 12.2. The van der Waals surface area contributed by atoms with Gasteiger partial charge in [0.05, 0.1) is 6.42 Å². The lowest BCUT2D eigenvalue weighted by Crippen LogP contribution is -2.30. The average Bonchev–Trinajstić information content (AvgIpc) is 3.21. The topological polar surface area (TPSA) is 73.4 Å². The Kier molecular flexibility index (Phi) is 2.97. The minimum Gasteiger partial charge on any atom is -0.477 e. The number of carboxylic acids is 1. The molecule has 2 aromatic rings. The number of para-hydroxylation sites is 1. The second kappa shape index (κ2) is 4.67. The van der Waals surface area contributed by atoms with Gasteiger partial charge in [-0.05, 0) is 18.9 Å². The SMILES string of the molecule is CN(C(=O)Cc1c(C(=O)O)[nH]c2ccccc12)C1CC1. The van der Waals surface area contributed by atoms with E-state index in [1.54, 1.807) is 11.9 Å². The van der Waals surface area contributed by atoms with Gasteiger partial charge in [-0.15, -0.1) is 0 Å². The first-order chi connectivity index (χ1) is 9.58. The van der Waals surface area contributed by atoms with Gasteiger partial charge in [0.1, 0.15) is 5.69 Å². The lowest BCUT2D eigenvalue weighted by Gasteiger charge is -2.16. The number of fused-ring (bicyclic) bond motifs is 1. The third-order valence-corrected chi connectivity index (χ3v) is 3.84. The van der Waals surface area contributed by atoms with Crippen molar-refractivity contribution in [2.24, 2.45) is 0 Å². The molecule has 1 fully saturated rings. The van der Waals surface area contributed by atoms with E-state index in [0.717, 1.165) is 23.7 Å². The number of carboxylic acid groups (broad SMARTS) is 1. The zero-order valence-corrected chi connectivity index (χ0v) is 11.2. The predicted molar refractivity (Wildman–Crippen MR) is 74.8 cm³/mol. The van der Waals surface area contributed by atoms with Crippen LogP contribution in [0.1, 0.15) is 28.9 Å². The number of carbonyl (C=O) groups is 2. The number of aromatic amines is 1. The lowest BCUT2D eigenvalue weighted by atomic mass is 10.1. The van der Waals surface area contributed by atoms with E-state index in [1.165, 1.54) is 0 Å². The van der Waals surface area contributed by atoms with Crippen LogP contribution in [0.5, 0.6) is 0 Å². The van der Waals surface area contributed by atoms with Crippen molar-refractivity contribution in [1.29, 1.82) is 0 Å². The summed E-state index contributed by atoms with van der Waals surface area (Å²) in [4.78, 5) is 28.2. The van der Waals surface area contributed by atoms with Gasteiger partial charge in [0.25, 0.3) is 0 Å². The number of hydrogen-bond acceptors (Lipinski definition) is 2. The predicted octanol–water partition coefficient (Wildman–Crippen LogP) is 2.03. The van der Waals surface area contributed by atoms with Crippen molar-refractivity contribution in [1.82, 2.24) is 9.88 Å². The van der Waals surface area contributed by atoms with Crippen molar-refractivity contribution in [3.63, 3.8) is 0 Å². The second-order valence-corrected chi connectivity index (χ2v) is 5.24. The van der Waals surface area contributed by atoms with E-state index in [-0.39, 0.29) is 18.0 Å². The Morgan fingerprint density at radius 1 is 1.35 bits per heavy atom. The van der Waals surface area contributed by atoms with Gasteiger partial charge in [-0.2, -0.15) is 0 Å². The first-order valence-corrected chi connectivity index (χ1v) is 6.66. The third-order valence-electron chi connectivity index (χ3n) is 3.84. The van der Waals surface area contributed by atoms with Gasteiger partial charge in [0.2, 0.25) is 5.91 Å². The summed E-state index contributed by atoms with van der Waals surface area (Å²) in [5, 5.41) is 10.1. The van der Waals surface area contributed by atoms with Crippen LogP contribution in [0, 0.1) is 0 Å². The Hall–Kier alpha value is -2.30. The highest BCUT2D eigenvalue weighted by molar-refractivity contribution is 6.00. The molecule has 0 radical (unpaired) electrons. The van der Waals surface area contributed by atoms with Gasteiger partial charge < -0.3 is 15.0 Å². The molecule has 1 aliphatic rings. The van der Waals surface area contributed by atoms with Crippen LogP contribution in [0.2, 0.25) is 0 Å². The summed E-state index contributed by atoms with van der Waals surface area (Å²) in [5.74, 6) is -1.06. The summed E-state index contributed by atoms with van der Waals surface area (Å²) in [6.45, 7) is 0. The molecular weight excluding hydrogens is 256 g/mol. The molecular formula is C15H16N2O3. The maximum atomic E-state index is 12.2. The Morgan fingerprint density at radius 2 is 2.05 bits per heavy atom. The molecule has 2 N–H and O–H groups in total. The highest BCUT2D eigenvalue weighted by Crippen LogP contribution is 2.28. The molecule has 1 saturated carbocycles. The zero-order valence-electron chi connectivity index (χ0n) is 11.2. The average molecular weight is 272 g/mol. The third kappa shape index (κ3) is 2.15. The number of rotatable bonds is 4. The fourth-order valence-electron chi connectivity index (χ4n) is 2.51. The molecule has 1 aliphatic carbocycles. The molecule has 0 saturated heterocycles. The number of likely N-dealkylation sites (N-methyl/N-ethyl adjacent to an activating group) is 1. The molecule has 0 aliphatic heterocycles. The van der Waals surface area contributed by atoms with Gasteiger partial charge >= 0.3 is 5.97 Å². The van der Waals surface area contributed by atoms with Crippen molar-refractivity contribution in [3.8, 4) is 0 Å². The van der Waals surface area contributed by atoms with Gasteiger partial charge in [-0.1, -0.05) is 18.2 Å². The molecule has 0 atom stereocenters. The molecule has 104 valence electrons. The molecule has 5 heteroatoms. The number of aromatic nitrogens is 1. The number of hydrogen-bond donors (Lipinski definition) is 2. The Balaban J connectivity index is 1.98. The van der Waals surface area contributed by atoms with Crippen molar-refractivity contribution in [2.45, 2.75) is 25.3 Å². The molecule has 20 heavy (non-hydrogen) atoms. The van der Waals surface area contributed by atoms with E-state index in [4.69, 9.17) is 0 Å². The van der Waals surface area contributed by atoms with Crippen molar-refractivity contribution >= 4 is 22.8 Å². The second-order valence-electron chi connectivity index (χ2n) is 5.24. The number of nitrogens with one attached hydrogen (secondary N) is 1. The van der Waals surface area contributed by atoms with Gasteiger partial charge in [0, 0.05) is 29.6 Å². The van der Waals surface area contributed by atoms with Crippen LogP contribution in [0.25, 0.3) is 10.9 Å². The first kappa shape index (κ1) is 12.7. The van der Waals surface area contributed by atoms with Crippen molar-refractivity contribution in [3.05, 3.63) is 35.5 Å². The Bertz CT molecular complexity index is 685. The summed E-state index contributed by atoms with van der Waals surface area (Å²) in [6.07, 6.45) is 2.21. The van der Waals surface area contributed by atoms with Crippen LogP contribution >= 0.6 is 0 Å². The summed E-state index contributed by atoms with van der Waals surface area (Å²) in [6, 6.07) is 7.69. The monoisotopic (exact) mass is 272 g/mol. The van der Waals surface area contributed by atoms with E-state index in [2.05, 4.69) is 4.98 Å². The van der Waals surface area contributed by atoms with Gasteiger partial charge in [0.15, 0.2) is 0 Å². The maximum Gasteiger partial charge on any atom is 0.352 e. The summed E-state index contributed by atoms with van der Waals surface area (Å²) >= 11 is 0. The highest BCUT2D eigenvalue weighted by Gasteiger charge is 2.30. The van der Waals surface area contributed by atoms with Crippen LogP contribution in [-0.2, 0) is 11.2 Å².